The minimum atomic E-state index is -0.00179. The summed E-state index contributed by atoms with van der Waals surface area (Å²) in [6.07, 6.45) is 0. The van der Waals surface area contributed by atoms with Crippen molar-refractivity contribution in [1.82, 2.24) is 4.57 Å². The van der Waals surface area contributed by atoms with E-state index in [-0.39, 0.29) is 5.91 Å². The van der Waals surface area contributed by atoms with Crippen molar-refractivity contribution in [3.8, 4) is 0 Å². The Kier molecular flexibility index (Phi) is 2.05. The normalized spacial score (nSPS) is 10.2. The number of rotatable bonds is 0. The number of hydrogen-bond acceptors (Lipinski definition) is 1. The van der Waals surface area contributed by atoms with Gasteiger partial charge < -0.3 is 0 Å². The molecule has 0 fully saturated rings. The van der Waals surface area contributed by atoms with E-state index in [9.17, 15) is 4.79 Å². The highest BCUT2D eigenvalue weighted by molar-refractivity contribution is 5.94. The van der Waals surface area contributed by atoms with E-state index in [2.05, 4.69) is 4.85 Å². The number of benzene rings is 1. The number of aryl methyl sites for hydroxylation is 1. The maximum absolute atomic E-state index is 11.4. The number of carbonyl (C=O) groups excluding carboxylic acids is 1. The first-order valence-corrected chi connectivity index (χ1v) is 4.64. The summed E-state index contributed by atoms with van der Waals surface area (Å²) in [6.45, 7) is 10.3. The minimum absolute atomic E-state index is 0.00179. The van der Waals surface area contributed by atoms with Crippen molar-refractivity contribution in [2.24, 2.45) is 0 Å². The summed E-state index contributed by atoms with van der Waals surface area (Å²) in [4.78, 5) is 14.8. The number of carbonyl (C=O) groups is 1. The van der Waals surface area contributed by atoms with Gasteiger partial charge in [0.2, 0.25) is 5.91 Å². The van der Waals surface area contributed by atoms with E-state index in [1.165, 1.54) is 6.92 Å². The first kappa shape index (κ1) is 9.47. The molecule has 1 heterocycles. The maximum Gasteiger partial charge on any atom is 0.228 e. The van der Waals surface area contributed by atoms with Crippen LogP contribution >= 0.6 is 0 Å². The molecule has 0 aliphatic rings. The summed E-state index contributed by atoms with van der Waals surface area (Å²) >= 11 is 0. The lowest BCUT2D eigenvalue weighted by Crippen LogP contribution is -2.06. The van der Waals surface area contributed by atoms with E-state index >= 15 is 0 Å². The van der Waals surface area contributed by atoms with Crippen molar-refractivity contribution < 1.29 is 4.79 Å². The third-order valence-electron chi connectivity index (χ3n) is 2.41. The fraction of sp³-hybridized carbons (Fsp3) is 0.167. The first-order valence-electron chi connectivity index (χ1n) is 4.64. The van der Waals surface area contributed by atoms with Gasteiger partial charge in [-0.15, -0.1) is 0 Å². The highest BCUT2D eigenvalue weighted by Gasteiger charge is 2.08. The standard InChI is InChI=1S/C12H10N2O/c1-8-6-10-7-11(13-3)4-5-12(10)14(8)9(2)15/h4-7H,1-2H3. The van der Waals surface area contributed by atoms with Gasteiger partial charge in [0.05, 0.1) is 12.1 Å². The van der Waals surface area contributed by atoms with E-state index < -0.39 is 0 Å². The quantitative estimate of drug-likeness (QED) is 0.597. The van der Waals surface area contributed by atoms with Crippen molar-refractivity contribution in [1.29, 1.82) is 0 Å². The molecule has 0 atom stereocenters. The zero-order valence-electron chi connectivity index (χ0n) is 8.61. The van der Waals surface area contributed by atoms with Gasteiger partial charge in [0, 0.05) is 12.6 Å². The summed E-state index contributed by atoms with van der Waals surface area (Å²) in [5.74, 6) is -0.00179. The molecule has 74 valence electrons. The molecule has 0 aliphatic heterocycles. The molecule has 0 aliphatic carbocycles. The number of nitrogens with zero attached hydrogens (tertiary/aromatic N) is 2. The molecule has 3 nitrogen and oxygen atoms in total. The predicted molar refractivity (Wildman–Crippen MR) is 59.2 cm³/mol. The smallest absolute Gasteiger partial charge is 0.228 e. The highest BCUT2D eigenvalue weighted by atomic mass is 16.1. The van der Waals surface area contributed by atoms with Crippen LogP contribution in [0.5, 0.6) is 0 Å². The van der Waals surface area contributed by atoms with Crippen molar-refractivity contribution in [3.63, 3.8) is 0 Å². The maximum atomic E-state index is 11.4. The van der Waals surface area contributed by atoms with Gasteiger partial charge >= 0.3 is 0 Å². The largest absolute Gasteiger partial charge is 0.285 e. The third-order valence-corrected chi connectivity index (χ3v) is 2.41. The lowest BCUT2D eigenvalue weighted by Gasteiger charge is -2.01. The van der Waals surface area contributed by atoms with Crippen molar-refractivity contribution in [2.75, 3.05) is 0 Å². The Bertz CT molecular complexity index is 587. The second-order valence-electron chi connectivity index (χ2n) is 3.50. The molecular weight excluding hydrogens is 188 g/mol. The molecular formula is C12H10N2O. The van der Waals surface area contributed by atoms with E-state index in [1.54, 1.807) is 16.7 Å². The molecule has 2 rings (SSSR count). The molecule has 0 saturated carbocycles. The minimum Gasteiger partial charge on any atom is -0.285 e. The van der Waals surface area contributed by atoms with E-state index in [0.29, 0.717) is 5.69 Å². The van der Waals surface area contributed by atoms with Crippen LogP contribution in [0.1, 0.15) is 17.4 Å². The number of aromatic nitrogens is 1. The number of fused-ring (bicyclic) bond motifs is 1. The van der Waals surface area contributed by atoms with Crippen LogP contribution in [0.25, 0.3) is 15.7 Å². The Labute approximate surface area is 87.8 Å². The molecule has 0 unspecified atom stereocenters. The van der Waals surface area contributed by atoms with Gasteiger partial charge in [-0.05, 0) is 30.5 Å². The average Bonchev–Trinajstić information content (AvgIpc) is 2.52. The predicted octanol–water partition coefficient (Wildman–Crippen LogP) is 3.16. The summed E-state index contributed by atoms with van der Waals surface area (Å²) in [6, 6.07) is 7.27. The molecule has 15 heavy (non-hydrogen) atoms. The SMILES string of the molecule is [C-]#[N+]c1ccc2c(c1)cc(C)n2C(C)=O. The third kappa shape index (κ3) is 1.40. The van der Waals surface area contributed by atoms with Crippen LogP contribution in [0.3, 0.4) is 0 Å². The molecule has 0 bridgehead atoms. The molecule has 0 saturated heterocycles. The zero-order valence-corrected chi connectivity index (χ0v) is 8.61. The van der Waals surface area contributed by atoms with Gasteiger partial charge in [-0.25, -0.2) is 4.85 Å². The van der Waals surface area contributed by atoms with E-state index in [4.69, 9.17) is 6.57 Å². The Morgan fingerprint density at radius 1 is 1.40 bits per heavy atom. The molecule has 0 amide bonds. The molecule has 1 aromatic carbocycles. The first-order chi connectivity index (χ1) is 7.13. The Morgan fingerprint density at radius 2 is 2.13 bits per heavy atom. The average molecular weight is 198 g/mol. The van der Waals surface area contributed by atoms with Gasteiger partial charge in [-0.1, -0.05) is 6.07 Å². The van der Waals surface area contributed by atoms with Crippen LogP contribution in [0.4, 0.5) is 5.69 Å². The van der Waals surface area contributed by atoms with Crippen LogP contribution in [-0.4, -0.2) is 10.5 Å². The van der Waals surface area contributed by atoms with Gasteiger partial charge in [0.25, 0.3) is 0 Å². The Balaban J connectivity index is 2.81. The van der Waals surface area contributed by atoms with Crippen LogP contribution in [0.15, 0.2) is 24.3 Å². The zero-order chi connectivity index (χ0) is 11.0. The molecule has 0 radical (unpaired) electrons. The van der Waals surface area contributed by atoms with Crippen LogP contribution in [-0.2, 0) is 0 Å². The number of hydrogen-bond donors (Lipinski definition) is 0. The lowest BCUT2D eigenvalue weighted by molar-refractivity contribution is 0.0940. The van der Waals surface area contributed by atoms with E-state index in [1.807, 2.05) is 19.1 Å². The van der Waals surface area contributed by atoms with Gasteiger partial charge in [-0.2, -0.15) is 0 Å². The Morgan fingerprint density at radius 3 is 2.73 bits per heavy atom. The molecule has 2 aromatic rings. The summed E-state index contributed by atoms with van der Waals surface area (Å²) in [5, 5.41) is 0.941. The monoisotopic (exact) mass is 198 g/mol. The van der Waals surface area contributed by atoms with Crippen molar-refractivity contribution in [2.45, 2.75) is 13.8 Å². The van der Waals surface area contributed by atoms with Crippen molar-refractivity contribution >= 4 is 22.5 Å². The highest BCUT2D eigenvalue weighted by Crippen LogP contribution is 2.24. The summed E-state index contributed by atoms with van der Waals surface area (Å²) in [5.41, 5.74) is 2.37. The second-order valence-corrected chi connectivity index (χ2v) is 3.50. The van der Waals surface area contributed by atoms with Crippen molar-refractivity contribution in [3.05, 3.63) is 41.4 Å². The molecule has 0 spiro atoms. The summed E-state index contributed by atoms with van der Waals surface area (Å²) < 4.78 is 1.66. The van der Waals surface area contributed by atoms with Crippen LogP contribution in [0.2, 0.25) is 0 Å². The van der Waals surface area contributed by atoms with Crippen LogP contribution in [0, 0.1) is 13.5 Å². The topological polar surface area (TPSA) is 26.4 Å². The van der Waals surface area contributed by atoms with Gasteiger partial charge in [0.15, 0.2) is 5.69 Å². The van der Waals surface area contributed by atoms with Gasteiger partial charge in [0.1, 0.15) is 0 Å². The second kappa shape index (κ2) is 3.25. The molecule has 1 aromatic heterocycles. The van der Waals surface area contributed by atoms with Gasteiger partial charge in [-0.3, -0.25) is 9.36 Å². The fourth-order valence-corrected chi connectivity index (χ4v) is 1.83. The Hall–Kier alpha value is -2.08. The van der Waals surface area contributed by atoms with Crippen LogP contribution < -0.4 is 0 Å². The van der Waals surface area contributed by atoms with E-state index in [0.717, 1.165) is 16.6 Å². The summed E-state index contributed by atoms with van der Waals surface area (Å²) in [7, 11) is 0. The fourth-order valence-electron chi connectivity index (χ4n) is 1.83. The molecule has 0 N–H and O–H groups in total. The lowest BCUT2D eigenvalue weighted by atomic mass is 10.2. The molecule has 3 heteroatoms.